The summed E-state index contributed by atoms with van der Waals surface area (Å²) in [5, 5.41) is 29.0. The third kappa shape index (κ3) is 4.67. The summed E-state index contributed by atoms with van der Waals surface area (Å²) in [6.45, 7) is -0.620. The second-order valence-electron chi connectivity index (χ2n) is 3.50. The molecule has 5 heteroatoms. The van der Waals surface area contributed by atoms with Crippen LogP contribution in [-0.4, -0.2) is 40.5 Å². The van der Waals surface area contributed by atoms with Crippen LogP contribution in [0.4, 0.5) is 0 Å². The van der Waals surface area contributed by atoms with E-state index in [2.05, 4.69) is 5.32 Å². The molecule has 0 saturated heterocycles. The molecule has 92 valence electrons. The average molecular weight is 237 g/mol. The van der Waals surface area contributed by atoms with Crippen LogP contribution in [0.5, 0.6) is 5.75 Å². The van der Waals surface area contributed by atoms with Crippen molar-refractivity contribution in [2.75, 3.05) is 13.2 Å². The molecular weight excluding hydrogens is 222 g/mol. The number of phenols is 1. The Morgan fingerprint density at radius 2 is 1.82 bits per heavy atom. The first-order chi connectivity index (χ1) is 8.15. The van der Waals surface area contributed by atoms with Crippen molar-refractivity contribution in [3.63, 3.8) is 0 Å². The largest absolute Gasteiger partial charge is 0.508 e. The zero-order chi connectivity index (χ0) is 12.7. The lowest BCUT2D eigenvalue weighted by atomic mass is 10.2. The summed E-state index contributed by atoms with van der Waals surface area (Å²) < 4.78 is 0. The number of aliphatic hydroxyl groups is 2. The quantitative estimate of drug-likeness (QED) is 0.537. The second-order valence-corrected chi connectivity index (χ2v) is 3.50. The number of hydrogen-bond acceptors (Lipinski definition) is 4. The molecule has 0 fully saturated rings. The molecule has 0 aromatic heterocycles. The normalized spacial score (nSPS) is 11.0. The summed E-state index contributed by atoms with van der Waals surface area (Å²) >= 11 is 0. The van der Waals surface area contributed by atoms with Crippen molar-refractivity contribution >= 4 is 12.0 Å². The number of aliphatic hydroxyl groups excluding tert-OH is 2. The molecule has 0 spiro atoms. The van der Waals surface area contributed by atoms with E-state index in [4.69, 9.17) is 15.3 Å². The summed E-state index contributed by atoms with van der Waals surface area (Å²) in [6.07, 6.45) is 2.87. The summed E-state index contributed by atoms with van der Waals surface area (Å²) in [6, 6.07) is 5.71. The van der Waals surface area contributed by atoms with Gasteiger partial charge in [0.15, 0.2) is 0 Å². The Balaban J connectivity index is 2.53. The molecular formula is C12H15NO4. The number of carbonyl (C=O) groups excluding carboxylic acids is 1. The molecule has 0 radical (unpaired) electrons. The predicted molar refractivity (Wildman–Crippen MR) is 63.2 cm³/mol. The van der Waals surface area contributed by atoms with Crippen molar-refractivity contribution in [3.8, 4) is 5.75 Å². The standard InChI is InChI=1S/C12H15NO4/c14-7-10(8-15)13-12(17)6-3-9-1-4-11(16)5-2-9/h1-6,10,14-16H,7-8H2,(H,13,17). The van der Waals surface area contributed by atoms with E-state index in [9.17, 15) is 4.79 Å². The zero-order valence-electron chi connectivity index (χ0n) is 9.21. The van der Waals surface area contributed by atoms with E-state index in [0.29, 0.717) is 0 Å². The smallest absolute Gasteiger partial charge is 0.244 e. The van der Waals surface area contributed by atoms with Gasteiger partial charge in [-0.05, 0) is 23.8 Å². The van der Waals surface area contributed by atoms with Crippen molar-refractivity contribution < 1.29 is 20.1 Å². The molecule has 0 unspecified atom stereocenters. The maximum atomic E-state index is 11.3. The molecule has 0 aliphatic rings. The summed E-state index contributed by atoms with van der Waals surface area (Å²) in [5.41, 5.74) is 0.766. The summed E-state index contributed by atoms with van der Waals surface area (Å²) in [5.74, 6) is -0.238. The number of hydrogen-bond donors (Lipinski definition) is 4. The van der Waals surface area contributed by atoms with Crippen LogP contribution in [-0.2, 0) is 4.79 Å². The minimum atomic E-state index is -0.646. The van der Waals surface area contributed by atoms with Gasteiger partial charge in [-0.15, -0.1) is 0 Å². The first kappa shape index (κ1) is 13.2. The number of benzene rings is 1. The first-order valence-corrected chi connectivity index (χ1v) is 5.15. The fraction of sp³-hybridized carbons (Fsp3) is 0.250. The first-order valence-electron chi connectivity index (χ1n) is 5.15. The number of aromatic hydroxyl groups is 1. The number of carbonyl (C=O) groups is 1. The number of rotatable bonds is 5. The van der Waals surface area contributed by atoms with Gasteiger partial charge in [-0.25, -0.2) is 0 Å². The SMILES string of the molecule is O=C(C=Cc1ccc(O)cc1)NC(CO)CO. The third-order valence-electron chi connectivity index (χ3n) is 2.11. The lowest BCUT2D eigenvalue weighted by Gasteiger charge is -2.10. The van der Waals surface area contributed by atoms with Gasteiger partial charge in [0.05, 0.1) is 19.3 Å². The molecule has 0 atom stereocenters. The monoisotopic (exact) mass is 237 g/mol. The van der Waals surface area contributed by atoms with Gasteiger partial charge >= 0.3 is 0 Å². The fourth-order valence-corrected chi connectivity index (χ4v) is 1.16. The highest BCUT2D eigenvalue weighted by Crippen LogP contribution is 2.10. The van der Waals surface area contributed by atoms with Crippen LogP contribution in [0.3, 0.4) is 0 Å². The summed E-state index contributed by atoms with van der Waals surface area (Å²) in [7, 11) is 0. The Morgan fingerprint density at radius 3 is 2.35 bits per heavy atom. The second kappa shape index (κ2) is 6.67. The third-order valence-corrected chi connectivity index (χ3v) is 2.11. The predicted octanol–water partition coefficient (Wildman–Crippen LogP) is -0.125. The van der Waals surface area contributed by atoms with Crippen molar-refractivity contribution in [1.29, 1.82) is 0 Å². The number of phenolic OH excluding ortho intramolecular Hbond substituents is 1. The lowest BCUT2D eigenvalue weighted by Crippen LogP contribution is -2.39. The van der Waals surface area contributed by atoms with Crippen molar-refractivity contribution in [2.24, 2.45) is 0 Å². The molecule has 0 aliphatic heterocycles. The molecule has 0 saturated carbocycles. The van der Waals surface area contributed by atoms with E-state index in [1.54, 1.807) is 18.2 Å². The van der Waals surface area contributed by atoms with Gasteiger partial charge in [-0.3, -0.25) is 4.79 Å². The Labute approximate surface area is 99.0 Å². The van der Waals surface area contributed by atoms with E-state index in [1.807, 2.05) is 0 Å². The van der Waals surface area contributed by atoms with Gasteiger partial charge in [0.1, 0.15) is 5.75 Å². The highest BCUT2D eigenvalue weighted by atomic mass is 16.3. The van der Waals surface area contributed by atoms with Crippen LogP contribution < -0.4 is 5.32 Å². The maximum absolute atomic E-state index is 11.3. The highest BCUT2D eigenvalue weighted by molar-refractivity contribution is 5.91. The molecule has 5 nitrogen and oxygen atoms in total. The molecule has 1 aromatic rings. The van der Waals surface area contributed by atoms with Crippen molar-refractivity contribution in [2.45, 2.75) is 6.04 Å². The average Bonchev–Trinajstić information content (AvgIpc) is 2.35. The Bertz CT molecular complexity index is 382. The van der Waals surface area contributed by atoms with Gasteiger partial charge in [-0.2, -0.15) is 0 Å². The maximum Gasteiger partial charge on any atom is 0.244 e. The molecule has 1 rings (SSSR count). The van der Waals surface area contributed by atoms with E-state index in [0.717, 1.165) is 5.56 Å². The van der Waals surface area contributed by atoms with Crippen LogP contribution >= 0.6 is 0 Å². The molecule has 17 heavy (non-hydrogen) atoms. The Kier molecular flexibility index (Phi) is 5.19. The topological polar surface area (TPSA) is 89.8 Å². The highest BCUT2D eigenvalue weighted by Gasteiger charge is 2.06. The van der Waals surface area contributed by atoms with Crippen LogP contribution in [0.1, 0.15) is 5.56 Å². The van der Waals surface area contributed by atoms with E-state index >= 15 is 0 Å². The Hall–Kier alpha value is -1.85. The minimum Gasteiger partial charge on any atom is -0.508 e. The van der Waals surface area contributed by atoms with Gasteiger partial charge in [0.25, 0.3) is 0 Å². The van der Waals surface area contributed by atoms with Gasteiger partial charge in [-0.1, -0.05) is 12.1 Å². The zero-order valence-corrected chi connectivity index (χ0v) is 9.21. The molecule has 1 amide bonds. The van der Waals surface area contributed by atoms with Gasteiger partial charge in [0.2, 0.25) is 5.91 Å². The number of nitrogens with one attached hydrogen (secondary N) is 1. The minimum absolute atomic E-state index is 0.159. The van der Waals surface area contributed by atoms with E-state index in [-0.39, 0.29) is 19.0 Å². The lowest BCUT2D eigenvalue weighted by molar-refractivity contribution is -0.117. The molecule has 0 bridgehead atoms. The summed E-state index contributed by atoms with van der Waals surface area (Å²) in [4.78, 5) is 11.3. The molecule has 4 N–H and O–H groups in total. The van der Waals surface area contributed by atoms with Crippen LogP contribution in [0.15, 0.2) is 30.3 Å². The van der Waals surface area contributed by atoms with Crippen molar-refractivity contribution in [1.82, 2.24) is 5.32 Å². The fourth-order valence-electron chi connectivity index (χ4n) is 1.16. The Morgan fingerprint density at radius 1 is 1.24 bits per heavy atom. The number of amides is 1. The molecule has 0 aliphatic carbocycles. The molecule has 0 heterocycles. The van der Waals surface area contributed by atoms with Gasteiger partial charge < -0.3 is 20.6 Å². The van der Waals surface area contributed by atoms with Crippen LogP contribution in [0.2, 0.25) is 0 Å². The van der Waals surface area contributed by atoms with E-state index in [1.165, 1.54) is 18.2 Å². The molecule has 1 aromatic carbocycles. The van der Waals surface area contributed by atoms with Crippen LogP contribution in [0, 0.1) is 0 Å². The van der Waals surface area contributed by atoms with E-state index < -0.39 is 11.9 Å². The van der Waals surface area contributed by atoms with Gasteiger partial charge in [0, 0.05) is 6.08 Å². The van der Waals surface area contributed by atoms with Crippen LogP contribution in [0.25, 0.3) is 6.08 Å². The van der Waals surface area contributed by atoms with Crippen molar-refractivity contribution in [3.05, 3.63) is 35.9 Å².